The summed E-state index contributed by atoms with van der Waals surface area (Å²) in [5.74, 6) is -1.77. The Morgan fingerprint density at radius 1 is 1.00 bits per heavy atom. The Morgan fingerprint density at radius 3 is 2.41 bits per heavy atom. The Balaban J connectivity index is 1.34. The largest absolute Gasteiger partial charge is 0.493 e. The molecule has 8 heteroatoms. The van der Waals surface area contributed by atoms with Crippen LogP contribution >= 0.6 is 0 Å². The second-order valence-electron chi connectivity index (χ2n) is 10.1. The van der Waals surface area contributed by atoms with Crippen molar-refractivity contribution in [1.82, 2.24) is 0 Å². The number of aliphatic hydroxyl groups excluding tert-OH is 1. The molecule has 3 aliphatic heterocycles. The van der Waals surface area contributed by atoms with Crippen LogP contribution in [0.4, 0.5) is 5.69 Å². The number of carbonyl (C=O) groups is 2. The van der Waals surface area contributed by atoms with Crippen molar-refractivity contribution in [2.45, 2.75) is 37.1 Å². The number of imide groups is 1. The van der Waals surface area contributed by atoms with Gasteiger partial charge in [0, 0.05) is 23.6 Å². The summed E-state index contributed by atoms with van der Waals surface area (Å²) < 4.78 is 12.2. The Morgan fingerprint density at radius 2 is 1.70 bits per heavy atom. The Labute approximate surface area is 213 Å². The molecule has 1 N–H and O–H groups in total. The number of ether oxygens (including phenoxy) is 2. The van der Waals surface area contributed by atoms with Gasteiger partial charge in [0.15, 0.2) is 0 Å². The van der Waals surface area contributed by atoms with Gasteiger partial charge in [-0.15, -0.1) is 0 Å². The monoisotopic (exact) mass is 493 g/mol. The predicted molar refractivity (Wildman–Crippen MR) is 132 cm³/mol. The molecule has 3 fully saturated rings. The normalized spacial score (nSPS) is 29.8. The molecule has 8 nitrogen and oxygen atoms in total. The highest BCUT2D eigenvalue weighted by atomic mass is 16.6. The van der Waals surface area contributed by atoms with E-state index < -0.39 is 35.0 Å². The number of nitriles is 2. The van der Waals surface area contributed by atoms with Crippen molar-refractivity contribution in [2.24, 2.45) is 11.8 Å². The molecule has 0 saturated carbocycles. The number of benzene rings is 3. The van der Waals surface area contributed by atoms with Crippen LogP contribution in [0.15, 0.2) is 60.7 Å². The van der Waals surface area contributed by atoms with Gasteiger partial charge < -0.3 is 14.6 Å². The standard InChI is InChI=1S/C29H23N3O5/c1-28-23(33)14-29(37-28,12-13-36-19-9-6-17(15-30)7-10-19)25-24(28)26(34)32(27(25)35)22-11-8-18(16-31)20-4-2-3-5-21(20)22/h2-11,23-25,33H,12-14H2,1H3/t23?,24-,25+,28-,29+/m0/s1. The van der Waals surface area contributed by atoms with Crippen LogP contribution in [0.3, 0.4) is 0 Å². The van der Waals surface area contributed by atoms with Gasteiger partial charge in [-0.05, 0) is 43.3 Å². The summed E-state index contributed by atoms with van der Waals surface area (Å²) in [6, 6.07) is 21.4. The van der Waals surface area contributed by atoms with E-state index >= 15 is 0 Å². The molecule has 0 radical (unpaired) electrons. The minimum atomic E-state index is -1.19. The zero-order valence-corrected chi connectivity index (χ0v) is 20.0. The van der Waals surface area contributed by atoms with E-state index in [-0.39, 0.29) is 18.9 Å². The third-order valence-electron chi connectivity index (χ3n) is 8.15. The number of fused-ring (bicyclic) bond motifs is 6. The first-order valence-electron chi connectivity index (χ1n) is 12.1. The number of hydrogen-bond donors (Lipinski definition) is 1. The van der Waals surface area contributed by atoms with Gasteiger partial charge in [0.2, 0.25) is 11.8 Å². The molecular formula is C29H23N3O5. The van der Waals surface area contributed by atoms with Crippen LogP contribution < -0.4 is 9.64 Å². The second-order valence-corrected chi connectivity index (χ2v) is 10.1. The van der Waals surface area contributed by atoms with E-state index in [1.807, 2.05) is 6.07 Å². The molecule has 0 aromatic heterocycles. The zero-order chi connectivity index (χ0) is 25.9. The Bertz CT molecular complexity index is 1540. The van der Waals surface area contributed by atoms with Crippen molar-refractivity contribution < 1.29 is 24.2 Å². The first kappa shape index (κ1) is 23.2. The number of hydrogen-bond acceptors (Lipinski definition) is 7. The lowest BCUT2D eigenvalue weighted by Gasteiger charge is -2.33. The van der Waals surface area contributed by atoms with Gasteiger partial charge in [-0.3, -0.25) is 9.59 Å². The molecule has 37 heavy (non-hydrogen) atoms. The van der Waals surface area contributed by atoms with Crippen LogP contribution in [0.2, 0.25) is 0 Å². The second kappa shape index (κ2) is 8.14. The van der Waals surface area contributed by atoms with Crippen LogP contribution in [0.25, 0.3) is 10.8 Å². The van der Waals surface area contributed by atoms with Gasteiger partial charge in [-0.1, -0.05) is 24.3 Å². The van der Waals surface area contributed by atoms with Gasteiger partial charge in [-0.25, -0.2) is 4.90 Å². The van der Waals surface area contributed by atoms with Crippen molar-refractivity contribution in [1.29, 1.82) is 10.5 Å². The zero-order valence-electron chi connectivity index (χ0n) is 20.0. The molecule has 3 aromatic rings. The van der Waals surface area contributed by atoms with Gasteiger partial charge in [0.05, 0.1) is 59.1 Å². The molecule has 0 aliphatic carbocycles. The van der Waals surface area contributed by atoms with Gasteiger partial charge >= 0.3 is 0 Å². The molecule has 2 bridgehead atoms. The van der Waals surface area contributed by atoms with E-state index in [1.165, 1.54) is 4.90 Å². The van der Waals surface area contributed by atoms with E-state index in [0.717, 1.165) is 0 Å². The number of anilines is 1. The minimum absolute atomic E-state index is 0.208. The lowest BCUT2D eigenvalue weighted by Crippen LogP contribution is -2.49. The number of amides is 2. The molecule has 3 heterocycles. The summed E-state index contributed by atoms with van der Waals surface area (Å²) >= 11 is 0. The van der Waals surface area contributed by atoms with Crippen LogP contribution in [0.5, 0.6) is 5.75 Å². The highest BCUT2D eigenvalue weighted by Gasteiger charge is 2.77. The minimum Gasteiger partial charge on any atom is -0.493 e. The highest BCUT2D eigenvalue weighted by Crippen LogP contribution is 2.62. The van der Waals surface area contributed by atoms with Gasteiger partial charge in [0.25, 0.3) is 0 Å². The maximum absolute atomic E-state index is 14.0. The van der Waals surface area contributed by atoms with Crippen molar-refractivity contribution in [3.05, 3.63) is 71.8 Å². The van der Waals surface area contributed by atoms with E-state index in [2.05, 4.69) is 12.1 Å². The molecule has 184 valence electrons. The van der Waals surface area contributed by atoms with Crippen LogP contribution in [0, 0.1) is 34.5 Å². The lowest BCUT2D eigenvalue weighted by atomic mass is 9.66. The van der Waals surface area contributed by atoms with E-state index in [9.17, 15) is 20.0 Å². The van der Waals surface area contributed by atoms with Crippen molar-refractivity contribution in [3.8, 4) is 17.9 Å². The average molecular weight is 494 g/mol. The first-order valence-corrected chi connectivity index (χ1v) is 12.1. The maximum atomic E-state index is 14.0. The summed E-state index contributed by atoms with van der Waals surface area (Å²) in [6.07, 6.45) is -0.373. The number of rotatable bonds is 5. The van der Waals surface area contributed by atoms with Crippen molar-refractivity contribution in [2.75, 3.05) is 11.5 Å². The fourth-order valence-corrected chi connectivity index (χ4v) is 6.40. The smallest absolute Gasteiger partial charge is 0.240 e. The maximum Gasteiger partial charge on any atom is 0.240 e. The highest BCUT2D eigenvalue weighted by molar-refractivity contribution is 6.26. The summed E-state index contributed by atoms with van der Waals surface area (Å²) in [5, 5.41) is 30.8. The lowest BCUT2D eigenvalue weighted by molar-refractivity contribution is -0.134. The third kappa shape index (κ3) is 3.20. The van der Waals surface area contributed by atoms with E-state index in [4.69, 9.17) is 14.7 Å². The molecule has 5 atom stereocenters. The van der Waals surface area contributed by atoms with Crippen LogP contribution in [-0.4, -0.2) is 40.8 Å². The fraction of sp³-hybridized carbons (Fsp3) is 0.310. The van der Waals surface area contributed by atoms with Gasteiger partial charge in [-0.2, -0.15) is 10.5 Å². The summed E-state index contributed by atoms with van der Waals surface area (Å²) in [6.45, 7) is 1.91. The molecule has 1 unspecified atom stereocenters. The van der Waals surface area contributed by atoms with Crippen molar-refractivity contribution in [3.63, 3.8) is 0 Å². The summed E-state index contributed by atoms with van der Waals surface area (Å²) in [4.78, 5) is 29.0. The fourth-order valence-electron chi connectivity index (χ4n) is 6.40. The third-order valence-corrected chi connectivity index (χ3v) is 8.15. The van der Waals surface area contributed by atoms with Crippen molar-refractivity contribution >= 4 is 28.3 Å². The van der Waals surface area contributed by atoms with Crippen LogP contribution in [0.1, 0.15) is 30.9 Å². The number of nitrogens with zero attached hydrogens (tertiary/aromatic N) is 3. The Hall–Kier alpha value is -4.24. The van der Waals surface area contributed by atoms with E-state index in [0.29, 0.717) is 39.8 Å². The molecule has 3 saturated heterocycles. The molecule has 2 amide bonds. The molecular weight excluding hydrogens is 470 g/mol. The van der Waals surface area contributed by atoms with E-state index in [1.54, 1.807) is 61.5 Å². The molecule has 0 spiro atoms. The first-order chi connectivity index (χ1) is 17.8. The number of aliphatic hydroxyl groups is 1. The molecule has 3 aliphatic rings. The Kier molecular flexibility index (Phi) is 5.10. The SMILES string of the molecule is C[C@]12O[C@](CCOc3ccc(C#N)cc3)(CC1O)[C@H]1C(=O)N(c3ccc(C#N)c4ccccc34)C(=O)[C@H]12. The van der Waals surface area contributed by atoms with Crippen LogP contribution in [-0.2, 0) is 14.3 Å². The summed E-state index contributed by atoms with van der Waals surface area (Å²) in [5.41, 5.74) is -0.826. The average Bonchev–Trinajstić information content (AvgIpc) is 3.44. The summed E-state index contributed by atoms with van der Waals surface area (Å²) in [7, 11) is 0. The van der Waals surface area contributed by atoms with Gasteiger partial charge in [0.1, 0.15) is 11.4 Å². The quantitative estimate of drug-likeness (QED) is 0.540. The number of carbonyl (C=O) groups excluding carboxylic acids is 2. The molecule has 3 aromatic carbocycles. The topological polar surface area (TPSA) is 124 Å². The molecule has 6 rings (SSSR count). The predicted octanol–water partition coefficient (Wildman–Crippen LogP) is 3.45.